The number of rotatable bonds is 5. The van der Waals surface area contributed by atoms with Crippen LogP contribution in [0, 0.1) is 5.82 Å². The first-order valence-corrected chi connectivity index (χ1v) is 16.5. The molecule has 0 spiro atoms. The van der Waals surface area contributed by atoms with Crippen LogP contribution < -0.4 is 25.4 Å². The Morgan fingerprint density at radius 2 is 1.83 bits per heavy atom. The third-order valence-electron chi connectivity index (χ3n) is 7.41. The summed E-state index contributed by atoms with van der Waals surface area (Å²) in [4.78, 5) is 45.5. The first-order valence-electron chi connectivity index (χ1n) is 15.1. The summed E-state index contributed by atoms with van der Waals surface area (Å²) in [6.07, 6.45) is 2.52. The molecular formula is C31H39FN6O7S. The number of aromatic nitrogens is 2. The summed E-state index contributed by atoms with van der Waals surface area (Å²) in [7, 11) is -2.57. The second-order valence-electron chi connectivity index (χ2n) is 10.6. The number of amides is 3. The molecule has 2 aliphatic rings. The third-order valence-corrected chi connectivity index (χ3v) is 9.22. The molecule has 46 heavy (non-hydrogen) atoms. The number of H-pyrrole nitrogens is 1. The largest absolute Gasteiger partial charge is 0.493 e. The molecule has 0 unspecified atom stereocenters. The summed E-state index contributed by atoms with van der Waals surface area (Å²) < 4.78 is 54.4. The topological polar surface area (TPSA) is 172 Å². The van der Waals surface area contributed by atoms with Crippen molar-refractivity contribution in [2.45, 2.75) is 63.6 Å². The summed E-state index contributed by atoms with van der Waals surface area (Å²) in [5.41, 5.74) is 0.682. The first kappa shape index (κ1) is 34.4. The number of nitrogens with one attached hydrogen (secondary N) is 4. The van der Waals surface area contributed by atoms with Crippen molar-refractivity contribution in [1.29, 1.82) is 0 Å². The minimum absolute atomic E-state index is 0.00153. The number of hydrogen-bond acceptors (Lipinski definition) is 8. The van der Waals surface area contributed by atoms with Gasteiger partial charge in [0.15, 0.2) is 28.1 Å². The highest BCUT2D eigenvalue weighted by Crippen LogP contribution is 2.34. The number of ether oxygens (including phenoxy) is 2. The Kier molecular flexibility index (Phi) is 11.7. The lowest BCUT2D eigenvalue weighted by atomic mass is 10.1. The number of nitrogens with zero attached hydrogens (tertiary/aromatic N) is 2. The van der Waals surface area contributed by atoms with Gasteiger partial charge in [-0.25, -0.2) is 17.8 Å². The molecule has 2 aromatic carbocycles. The number of hydrogen-bond donors (Lipinski definition) is 4. The van der Waals surface area contributed by atoms with E-state index < -0.39 is 39.6 Å². The van der Waals surface area contributed by atoms with Crippen LogP contribution in [0.15, 0.2) is 47.6 Å². The molecular weight excluding hydrogens is 619 g/mol. The number of carbonyl (C=O) groups is 3. The summed E-state index contributed by atoms with van der Waals surface area (Å²) in [6.45, 7) is 3.80. The van der Waals surface area contributed by atoms with Crippen molar-refractivity contribution < 1.29 is 36.7 Å². The molecule has 15 heteroatoms. The van der Waals surface area contributed by atoms with Gasteiger partial charge in [0.2, 0.25) is 11.8 Å². The zero-order valence-electron chi connectivity index (χ0n) is 26.0. The lowest BCUT2D eigenvalue weighted by Crippen LogP contribution is -2.46. The van der Waals surface area contributed by atoms with Crippen LogP contribution in [0.1, 0.15) is 61.3 Å². The van der Waals surface area contributed by atoms with Crippen LogP contribution in [0.25, 0.3) is 0 Å². The van der Waals surface area contributed by atoms with Gasteiger partial charge in [0, 0.05) is 44.6 Å². The van der Waals surface area contributed by atoms with Crippen LogP contribution in [0.5, 0.6) is 17.2 Å². The third kappa shape index (κ3) is 8.60. The molecule has 0 saturated carbocycles. The highest BCUT2D eigenvalue weighted by molar-refractivity contribution is 7.89. The Morgan fingerprint density at radius 1 is 1.04 bits per heavy atom. The Labute approximate surface area is 267 Å². The molecule has 13 nitrogen and oxygen atoms in total. The van der Waals surface area contributed by atoms with Gasteiger partial charge in [0.05, 0.1) is 13.3 Å². The summed E-state index contributed by atoms with van der Waals surface area (Å²) >= 11 is 0. The van der Waals surface area contributed by atoms with Crippen LogP contribution in [-0.4, -0.2) is 73.2 Å². The lowest BCUT2D eigenvalue weighted by Gasteiger charge is -2.22. The maximum Gasteiger partial charge on any atom is 0.260 e. The standard InChI is InChI=1S/C31H39FN6O7S/c1-4-23-31(41)35-18-20-9-11-24(22(32)16-20)45-26-17-21(10-12-25(26)44-3)30(40)33-13-7-15-38(14-6-8-28(39)36-23)46(42,43)29-19-34-27(5-2)37-29/h9-12,16-17,19,23H,4-8,13-15,18H2,1-3H3,(H,33,40)(H,34,37)(H,35,41)(H,36,39)/t23-/m0/s1. The number of imidazole rings is 1. The average molecular weight is 659 g/mol. The number of carbonyl (C=O) groups excluding carboxylic acids is 3. The molecule has 1 atom stereocenters. The van der Waals surface area contributed by atoms with Crippen molar-refractivity contribution in [2.75, 3.05) is 26.7 Å². The van der Waals surface area contributed by atoms with Gasteiger partial charge >= 0.3 is 0 Å². The Balaban J connectivity index is 1.59. The minimum Gasteiger partial charge on any atom is -0.493 e. The van der Waals surface area contributed by atoms with E-state index in [4.69, 9.17) is 9.47 Å². The van der Waals surface area contributed by atoms with Crippen LogP contribution in [0.4, 0.5) is 4.39 Å². The van der Waals surface area contributed by atoms with E-state index in [0.29, 0.717) is 24.2 Å². The van der Waals surface area contributed by atoms with E-state index in [1.165, 1.54) is 47.9 Å². The molecule has 0 radical (unpaired) electrons. The molecule has 4 bridgehead atoms. The van der Waals surface area contributed by atoms with E-state index in [1.807, 2.05) is 6.92 Å². The Hall–Kier alpha value is -4.50. The molecule has 4 N–H and O–H groups in total. The fraction of sp³-hybridized carbons (Fsp3) is 0.419. The quantitative estimate of drug-likeness (QED) is 0.324. The van der Waals surface area contributed by atoms with Crippen molar-refractivity contribution in [3.8, 4) is 17.2 Å². The monoisotopic (exact) mass is 658 g/mol. The fourth-order valence-electron chi connectivity index (χ4n) is 4.81. The number of methoxy groups -OCH3 is 1. The highest BCUT2D eigenvalue weighted by atomic mass is 32.2. The van der Waals surface area contributed by atoms with Crippen molar-refractivity contribution in [3.63, 3.8) is 0 Å². The maximum atomic E-state index is 15.0. The predicted molar refractivity (Wildman–Crippen MR) is 166 cm³/mol. The van der Waals surface area contributed by atoms with E-state index >= 15 is 4.39 Å². The van der Waals surface area contributed by atoms with Gasteiger partial charge in [-0.05, 0) is 55.2 Å². The van der Waals surface area contributed by atoms with E-state index in [-0.39, 0.29) is 73.3 Å². The number of benzene rings is 2. The van der Waals surface area contributed by atoms with E-state index in [2.05, 4.69) is 25.9 Å². The molecule has 248 valence electrons. The zero-order valence-corrected chi connectivity index (χ0v) is 26.8. The Morgan fingerprint density at radius 3 is 2.52 bits per heavy atom. The molecule has 3 aromatic rings. The maximum absolute atomic E-state index is 15.0. The average Bonchev–Trinajstić information content (AvgIpc) is 3.54. The number of aromatic amines is 1. The molecule has 3 amide bonds. The number of fused-ring (bicyclic) bond motifs is 16. The van der Waals surface area contributed by atoms with E-state index in [1.54, 1.807) is 13.0 Å². The van der Waals surface area contributed by atoms with E-state index in [0.717, 1.165) is 0 Å². The molecule has 0 fully saturated rings. The van der Waals surface area contributed by atoms with Crippen LogP contribution in [0.2, 0.25) is 0 Å². The van der Waals surface area contributed by atoms with Gasteiger partial charge in [0.25, 0.3) is 15.9 Å². The van der Waals surface area contributed by atoms with Crippen molar-refractivity contribution in [1.82, 2.24) is 30.2 Å². The first-order chi connectivity index (χ1) is 22.0. The van der Waals surface area contributed by atoms with Gasteiger partial charge in [0.1, 0.15) is 11.9 Å². The molecule has 0 saturated heterocycles. The molecule has 5 rings (SSSR count). The molecule has 3 heterocycles. The van der Waals surface area contributed by atoms with Gasteiger partial charge in [-0.15, -0.1) is 0 Å². The van der Waals surface area contributed by atoms with Crippen LogP contribution >= 0.6 is 0 Å². The number of halogens is 1. The number of aryl methyl sites for hydroxylation is 1. The van der Waals surface area contributed by atoms with Gasteiger partial charge < -0.3 is 30.4 Å². The minimum atomic E-state index is -3.99. The van der Waals surface area contributed by atoms with E-state index in [9.17, 15) is 22.8 Å². The Bertz CT molecular complexity index is 1660. The zero-order chi connectivity index (χ0) is 33.3. The normalized spacial score (nSPS) is 17.8. The van der Waals surface area contributed by atoms with Crippen molar-refractivity contribution in [2.24, 2.45) is 0 Å². The predicted octanol–water partition coefficient (Wildman–Crippen LogP) is 3.03. The molecule has 0 aliphatic carbocycles. The molecule has 1 aromatic heterocycles. The number of sulfonamides is 1. The van der Waals surface area contributed by atoms with Gasteiger partial charge in [-0.2, -0.15) is 4.31 Å². The second-order valence-corrected chi connectivity index (χ2v) is 12.5. The summed E-state index contributed by atoms with van der Waals surface area (Å²) in [6, 6.07) is 7.86. The van der Waals surface area contributed by atoms with Gasteiger partial charge in [-0.1, -0.05) is 19.9 Å². The summed E-state index contributed by atoms with van der Waals surface area (Å²) in [5.74, 6) is -1.21. The van der Waals surface area contributed by atoms with Crippen molar-refractivity contribution in [3.05, 3.63) is 65.4 Å². The second kappa shape index (κ2) is 15.7. The van der Waals surface area contributed by atoms with Crippen molar-refractivity contribution >= 4 is 27.7 Å². The lowest BCUT2D eigenvalue weighted by molar-refractivity contribution is -0.129. The SMILES string of the molecule is CCc1ncc(S(=O)(=O)N2CCCNC(=O)c3ccc(OC)c(c3)Oc3ccc(cc3F)CNC(=O)[C@H](CC)NC(=O)CCC2)[nH]1. The summed E-state index contributed by atoms with van der Waals surface area (Å²) in [5, 5.41) is 8.11. The van der Waals surface area contributed by atoms with Crippen LogP contribution in [-0.2, 0) is 32.6 Å². The highest BCUT2D eigenvalue weighted by Gasteiger charge is 2.27. The fourth-order valence-corrected chi connectivity index (χ4v) is 6.26. The smallest absolute Gasteiger partial charge is 0.260 e. The van der Waals surface area contributed by atoms with Gasteiger partial charge in [-0.3, -0.25) is 14.4 Å². The van der Waals surface area contributed by atoms with Crippen LogP contribution in [0.3, 0.4) is 0 Å². The molecule has 2 aliphatic heterocycles.